The van der Waals surface area contributed by atoms with Crippen LogP contribution in [0.4, 0.5) is 10.6 Å². The molecule has 21 heavy (non-hydrogen) atoms. The van der Waals surface area contributed by atoms with Gasteiger partial charge in [0.15, 0.2) is 0 Å². The smallest absolute Gasteiger partial charge is 0.315 e. The van der Waals surface area contributed by atoms with Crippen molar-refractivity contribution in [3.63, 3.8) is 0 Å². The highest BCUT2D eigenvalue weighted by atomic mass is 16.5. The van der Waals surface area contributed by atoms with E-state index in [1.165, 1.54) is 12.8 Å². The molecule has 0 spiro atoms. The van der Waals surface area contributed by atoms with Crippen molar-refractivity contribution in [2.24, 2.45) is 5.92 Å². The average molecular weight is 292 g/mol. The molecule has 6 heteroatoms. The van der Waals surface area contributed by atoms with E-state index in [0.29, 0.717) is 19.1 Å². The lowest BCUT2D eigenvalue weighted by atomic mass is 10.2. The van der Waals surface area contributed by atoms with Gasteiger partial charge in [-0.3, -0.25) is 0 Å². The molecule has 0 radical (unpaired) electrons. The molecule has 0 saturated heterocycles. The van der Waals surface area contributed by atoms with E-state index < -0.39 is 0 Å². The summed E-state index contributed by atoms with van der Waals surface area (Å²) in [5.74, 6) is 1.44. The fourth-order valence-electron chi connectivity index (χ4n) is 2.18. The predicted octanol–water partition coefficient (Wildman–Crippen LogP) is 1.37. The fraction of sp³-hybridized carbons (Fsp3) is 0.600. The molecule has 2 N–H and O–H groups in total. The number of carbonyl (C=O) groups is 1. The average Bonchev–Trinajstić information content (AvgIpc) is 3.29. The Morgan fingerprint density at radius 3 is 2.86 bits per heavy atom. The van der Waals surface area contributed by atoms with Crippen LogP contribution in [0, 0.1) is 5.92 Å². The van der Waals surface area contributed by atoms with Gasteiger partial charge in [-0.1, -0.05) is 6.07 Å². The van der Waals surface area contributed by atoms with Crippen LogP contribution in [0.15, 0.2) is 18.2 Å². The number of aromatic nitrogens is 1. The molecule has 0 aliphatic heterocycles. The maximum absolute atomic E-state index is 11.9. The lowest BCUT2D eigenvalue weighted by Gasteiger charge is -2.18. The number of nitrogens with one attached hydrogen (secondary N) is 2. The second-order valence-electron chi connectivity index (χ2n) is 5.61. The number of anilines is 1. The first-order valence-corrected chi connectivity index (χ1v) is 7.26. The summed E-state index contributed by atoms with van der Waals surface area (Å²) < 4.78 is 5.15. The molecule has 1 aromatic heterocycles. The molecule has 1 aliphatic carbocycles. The third kappa shape index (κ3) is 4.90. The van der Waals surface area contributed by atoms with Crippen molar-refractivity contribution < 1.29 is 9.53 Å². The molecule has 1 aromatic rings. The van der Waals surface area contributed by atoms with Crippen molar-refractivity contribution in [3.05, 3.63) is 23.9 Å². The van der Waals surface area contributed by atoms with Crippen molar-refractivity contribution in [1.82, 2.24) is 15.6 Å². The minimum absolute atomic E-state index is 0.107. The molecule has 2 amide bonds. The lowest BCUT2D eigenvalue weighted by Crippen LogP contribution is -2.45. The first-order valence-electron chi connectivity index (χ1n) is 7.26. The summed E-state index contributed by atoms with van der Waals surface area (Å²) >= 11 is 0. The van der Waals surface area contributed by atoms with E-state index in [1.807, 2.05) is 37.2 Å². The molecular weight excluding hydrogens is 268 g/mol. The summed E-state index contributed by atoms with van der Waals surface area (Å²) in [6.45, 7) is 0.977. The quantitative estimate of drug-likeness (QED) is 0.796. The number of pyridine rings is 1. The highest BCUT2D eigenvalue weighted by molar-refractivity contribution is 5.74. The number of nitrogens with zero attached hydrogens (tertiary/aromatic N) is 2. The summed E-state index contributed by atoms with van der Waals surface area (Å²) in [5, 5.41) is 5.82. The summed E-state index contributed by atoms with van der Waals surface area (Å²) in [4.78, 5) is 18.3. The van der Waals surface area contributed by atoms with Gasteiger partial charge >= 0.3 is 6.03 Å². The number of ether oxygens (including phenoxy) is 1. The monoisotopic (exact) mass is 292 g/mol. The highest BCUT2D eigenvalue weighted by Gasteiger charge is 2.32. The Morgan fingerprint density at radius 1 is 1.48 bits per heavy atom. The molecular formula is C15H24N4O2. The Kier molecular flexibility index (Phi) is 5.38. The molecule has 1 fully saturated rings. The van der Waals surface area contributed by atoms with Crippen LogP contribution in [0.2, 0.25) is 0 Å². The Bertz CT molecular complexity index is 474. The van der Waals surface area contributed by atoms with Gasteiger partial charge in [0, 0.05) is 21.2 Å². The molecule has 1 heterocycles. The highest BCUT2D eigenvalue weighted by Crippen LogP contribution is 2.32. The van der Waals surface area contributed by atoms with Gasteiger partial charge < -0.3 is 20.3 Å². The van der Waals surface area contributed by atoms with E-state index in [-0.39, 0.29) is 12.1 Å². The zero-order valence-corrected chi connectivity index (χ0v) is 12.9. The number of hydrogen-bond acceptors (Lipinski definition) is 4. The lowest BCUT2D eigenvalue weighted by molar-refractivity contribution is 0.157. The third-order valence-electron chi connectivity index (χ3n) is 3.53. The topological polar surface area (TPSA) is 66.5 Å². The van der Waals surface area contributed by atoms with Crippen LogP contribution in [-0.4, -0.2) is 44.9 Å². The SMILES string of the molecule is COC[C@@H](NC(=O)NCc1cccc(N(C)C)n1)C1CC1. The van der Waals surface area contributed by atoms with Crippen LogP contribution in [0.1, 0.15) is 18.5 Å². The van der Waals surface area contributed by atoms with Gasteiger partial charge in [-0.2, -0.15) is 0 Å². The Balaban J connectivity index is 1.81. The standard InChI is InChI=1S/C15H24N4O2/c1-19(2)14-6-4-5-12(17-14)9-16-15(20)18-13(10-21-3)11-7-8-11/h4-6,11,13H,7-10H2,1-3H3,(H2,16,18,20)/t13-/m1/s1. The molecule has 116 valence electrons. The van der Waals surface area contributed by atoms with Gasteiger partial charge in [-0.15, -0.1) is 0 Å². The van der Waals surface area contributed by atoms with Gasteiger partial charge in [-0.05, 0) is 30.9 Å². The molecule has 1 saturated carbocycles. The van der Waals surface area contributed by atoms with E-state index in [2.05, 4.69) is 15.6 Å². The molecule has 2 rings (SSSR count). The largest absolute Gasteiger partial charge is 0.383 e. The van der Waals surface area contributed by atoms with Gasteiger partial charge in [0.1, 0.15) is 5.82 Å². The molecule has 0 bridgehead atoms. The van der Waals surface area contributed by atoms with Crippen molar-refractivity contribution in [1.29, 1.82) is 0 Å². The second-order valence-corrected chi connectivity index (χ2v) is 5.61. The van der Waals surface area contributed by atoms with Crippen molar-refractivity contribution in [2.75, 3.05) is 32.7 Å². The normalized spacial score (nSPS) is 15.4. The van der Waals surface area contributed by atoms with Crippen LogP contribution >= 0.6 is 0 Å². The van der Waals surface area contributed by atoms with E-state index in [1.54, 1.807) is 7.11 Å². The predicted molar refractivity (Wildman–Crippen MR) is 82.3 cm³/mol. The van der Waals surface area contributed by atoms with Crippen LogP contribution in [0.3, 0.4) is 0 Å². The van der Waals surface area contributed by atoms with Crippen LogP contribution in [0.5, 0.6) is 0 Å². The zero-order chi connectivity index (χ0) is 15.2. The van der Waals surface area contributed by atoms with E-state index >= 15 is 0 Å². The van der Waals surface area contributed by atoms with E-state index in [0.717, 1.165) is 11.5 Å². The van der Waals surface area contributed by atoms with Crippen molar-refractivity contribution in [3.8, 4) is 0 Å². The minimum Gasteiger partial charge on any atom is -0.383 e. The maximum Gasteiger partial charge on any atom is 0.315 e. The second kappa shape index (κ2) is 7.26. The maximum atomic E-state index is 11.9. The van der Waals surface area contributed by atoms with Gasteiger partial charge in [0.25, 0.3) is 0 Å². The molecule has 0 aromatic carbocycles. The Labute approximate surface area is 125 Å². The fourth-order valence-corrected chi connectivity index (χ4v) is 2.18. The first kappa shape index (κ1) is 15.6. The van der Waals surface area contributed by atoms with Crippen LogP contribution in [-0.2, 0) is 11.3 Å². The van der Waals surface area contributed by atoms with E-state index in [9.17, 15) is 4.79 Å². The molecule has 1 atom stereocenters. The summed E-state index contributed by atoms with van der Waals surface area (Å²) in [6, 6.07) is 5.72. The van der Waals surface area contributed by atoms with Gasteiger partial charge in [-0.25, -0.2) is 9.78 Å². The number of urea groups is 1. The third-order valence-corrected chi connectivity index (χ3v) is 3.53. The summed E-state index contributed by atoms with van der Waals surface area (Å²) in [5.41, 5.74) is 0.839. The zero-order valence-electron chi connectivity index (χ0n) is 12.9. The number of amides is 2. The number of hydrogen-bond donors (Lipinski definition) is 2. The van der Waals surface area contributed by atoms with Crippen molar-refractivity contribution in [2.45, 2.75) is 25.4 Å². The number of rotatable bonds is 7. The summed E-state index contributed by atoms with van der Waals surface area (Å²) in [6.07, 6.45) is 2.33. The van der Waals surface area contributed by atoms with Crippen LogP contribution < -0.4 is 15.5 Å². The Hall–Kier alpha value is -1.82. The van der Waals surface area contributed by atoms with Crippen LogP contribution in [0.25, 0.3) is 0 Å². The molecule has 0 unspecified atom stereocenters. The minimum atomic E-state index is -0.166. The van der Waals surface area contributed by atoms with Gasteiger partial charge in [0.05, 0.1) is 24.9 Å². The Morgan fingerprint density at radius 2 is 2.24 bits per heavy atom. The van der Waals surface area contributed by atoms with E-state index in [4.69, 9.17) is 4.74 Å². The molecule has 1 aliphatic rings. The summed E-state index contributed by atoms with van der Waals surface area (Å²) in [7, 11) is 5.54. The van der Waals surface area contributed by atoms with Gasteiger partial charge in [0.2, 0.25) is 0 Å². The first-order chi connectivity index (χ1) is 10.1. The van der Waals surface area contributed by atoms with Crippen molar-refractivity contribution >= 4 is 11.8 Å². The number of methoxy groups -OCH3 is 1. The number of carbonyl (C=O) groups excluding carboxylic acids is 1. The molecule has 6 nitrogen and oxygen atoms in total.